The summed E-state index contributed by atoms with van der Waals surface area (Å²) in [5, 5.41) is 3.13. The first-order chi connectivity index (χ1) is 8.27. The number of halogens is 1. The first-order valence-corrected chi connectivity index (χ1v) is 6.58. The first-order valence-electron chi connectivity index (χ1n) is 6.20. The third-order valence-electron chi connectivity index (χ3n) is 3.92. The molecule has 0 saturated heterocycles. The first kappa shape index (κ1) is 11.1. The quantitative estimate of drug-likeness (QED) is 0.839. The molecule has 0 bridgehead atoms. The van der Waals surface area contributed by atoms with Crippen LogP contribution in [0.1, 0.15) is 30.9 Å². The summed E-state index contributed by atoms with van der Waals surface area (Å²) in [7, 11) is 0. The van der Waals surface area contributed by atoms with E-state index >= 15 is 0 Å². The van der Waals surface area contributed by atoms with Crippen LogP contribution < -0.4 is 5.73 Å². The Morgan fingerprint density at radius 2 is 1.76 bits per heavy atom. The molecule has 0 aromatic heterocycles. The van der Waals surface area contributed by atoms with E-state index in [0.29, 0.717) is 5.92 Å². The Balaban J connectivity index is 2.12. The predicted octanol–water partition coefficient (Wildman–Crippen LogP) is 4.29. The van der Waals surface area contributed by atoms with Crippen molar-refractivity contribution in [1.29, 1.82) is 0 Å². The molecule has 0 heterocycles. The van der Waals surface area contributed by atoms with E-state index in [1.165, 1.54) is 30.2 Å². The second-order valence-corrected chi connectivity index (χ2v) is 5.31. The van der Waals surface area contributed by atoms with Crippen LogP contribution in [0.3, 0.4) is 0 Å². The third kappa shape index (κ3) is 1.84. The lowest BCUT2D eigenvalue weighted by molar-refractivity contribution is 0.265. The number of fused-ring (bicyclic) bond motifs is 1. The molecule has 2 aromatic carbocycles. The molecule has 3 rings (SSSR count). The second-order valence-electron chi connectivity index (χ2n) is 4.90. The molecule has 2 N–H and O–H groups in total. The van der Waals surface area contributed by atoms with Gasteiger partial charge in [0.2, 0.25) is 0 Å². The summed E-state index contributed by atoms with van der Waals surface area (Å²) in [5.74, 6) is 0.652. The van der Waals surface area contributed by atoms with Gasteiger partial charge < -0.3 is 5.73 Å². The standard InChI is InChI=1S/C15H16ClN/c16-14-9-8-13(15(17)10-4-3-5-10)11-6-1-2-7-12(11)14/h1-2,6-10,15H,3-5,17H2. The van der Waals surface area contributed by atoms with E-state index in [-0.39, 0.29) is 6.04 Å². The maximum atomic E-state index is 6.37. The number of hydrogen-bond donors (Lipinski definition) is 1. The van der Waals surface area contributed by atoms with E-state index in [4.69, 9.17) is 17.3 Å². The summed E-state index contributed by atoms with van der Waals surface area (Å²) in [4.78, 5) is 0. The lowest BCUT2D eigenvalue weighted by Crippen LogP contribution is -2.26. The SMILES string of the molecule is NC(c1ccc(Cl)c2ccccc12)C1CCC1. The van der Waals surface area contributed by atoms with Crippen LogP contribution in [0.4, 0.5) is 0 Å². The lowest BCUT2D eigenvalue weighted by atomic mass is 9.77. The van der Waals surface area contributed by atoms with Crippen LogP contribution in [0.2, 0.25) is 5.02 Å². The van der Waals surface area contributed by atoms with Gasteiger partial charge in [-0.3, -0.25) is 0 Å². The van der Waals surface area contributed by atoms with Crippen LogP contribution in [-0.4, -0.2) is 0 Å². The van der Waals surface area contributed by atoms with E-state index < -0.39 is 0 Å². The van der Waals surface area contributed by atoms with E-state index in [9.17, 15) is 0 Å². The summed E-state index contributed by atoms with van der Waals surface area (Å²) < 4.78 is 0. The highest BCUT2D eigenvalue weighted by Gasteiger charge is 2.26. The Morgan fingerprint density at radius 1 is 1.06 bits per heavy atom. The van der Waals surface area contributed by atoms with Gasteiger partial charge in [0.1, 0.15) is 0 Å². The molecule has 0 aliphatic heterocycles. The average molecular weight is 246 g/mol. The Hall–Kier alpha value is -1.05. The van der Waals surface area contributed by atoms with Gasteiger partial charge in [0.05, 0.1) is 0 Å². The van der Waals surface area contributed by atoms with Gasteiger partial charge in [0.15, 0.2) is 0 Å². The minimum Gasteiger partial charge on any atom is -0.324 e. The van der Waals surface area contributed by atoms with Gasteiger partial charge in [-0.2, -0.15) is 0 Å². The predicted molar refractivity (Wildman–Crippen MR) is 73.2 cm³/mol. The molecule has 17 heavy (non-hydrogen) atoms. The van der Waals surface area contributed by atoms with E-state index in [0.717, 1.165) is 10.4 Å². The average Bonchev–Trinajstić information content (AvgIpc) is 2.27. The normalized spacial score (nSPS) is 18.0. The molecule has 1 nitrogen and oxygen atoms in total. The van der Waals surface area contributed by atoms with Crippen molar-refractivity contribution in [3.8, 4) is 0 Å². The monoisotopic (exact) mass is 245 g/mol. The van der Waals surface area contributed by atoms with Gasteiger partial charge in [0, 0.05) is 16.5 Å². The number of hydrogen-bond acceptors (Lipinski definition) is 1. The molecule has 1 aliphatic carbocycles. The molecule has 1 aliphatic rings. The largest absolute Gasteiger partial charge is 0.324 e. The minimum atomic E-state index is 0.158. The van der Waals surface area contributed by atoms with Crippen LogP contribution >= 0.6 is 11.6 Å². The van der Waals surface area contributed by atoms with Crippen molar-refractivity contribution >= 4 is 22.4 Å². The van der Waals surface area contributed by atoms with Gasteiger partial charge in [-0.05, 0) is 35.8 Å². The van der Waals surface area contributed by atoms with Crippen LogP contribution in [0.15, 0.2) is 36.4 Å². The van der Waals surface area contributed by atoms with E-state index in [2.05, 4.69) is 24.3 Å². The number of benzene rings is 2. The van der Waals surface area contributed by atoms with Gasteiger partial charge in [-0.1, -0.05) is 48.4 Å². The summed E-state index contributed by atoms with van der Waals surface area (Å²) in [6.07, 6.45) is 3.85. The van der Waals surface area contributed by atoms with E-state index in [1.54, 1.807) is 0 Å². The molecular formula is C15H16ClN. The molecule has 1 saturated carbocycles. The molecule has 1 atom stereocenters. The smallest absolute Gasteiger partial charge is 0.0484 e. The highest BCUT2D eigenvalue weighted by molar-refractivity contribution is 6.35. The van der Waals surface area contributed by atoms with Crippen LogP contribution in [0.5, 0.6) is 0 Å². The van der Waals surface area contributed by atoms with Crippen molar-refractivity contribution < 1.29 is 0 Å². The van der Waals surface area contributed by atoms with Crippen LogP contribution in [-0.2, 0) is 0 Å². The minimum absolute atomic E-state index is 0.158. The molecule has 88 valence electrons. The lowest BCUT2D eigenvalue weighted by Gasteiger charge is -2.32. The molecule has 1 fully saturated rings. The van der Waals surface area contributed by atoms with Crippen LogP contribution in [0.25, 0.3) is 10.8 Å². The number of rotatable bonds is 2. The van der Waals surface area contributed by atoms with Gasteiger partial charge >= 0.3 is 0 Å². The fourth-order valence-electron chi connectivity index (χ4n) is 2.63. The fourth-order valence-corrected chi connectivity index (χ4v) is 2.86. The Labute approximate surface area is 107 Å². The second kappa shape index (κ2) is 4.32. The van der Waals surface area contributed by atoms with Crippen molar-refractivity contribution in [3.63, 3.8) is 0 Å². The summed E-state index contributed by atoms with van der Waals surface area (Å²) in [5.41, 5.74) is 7.62. The van der Waals surface area contributed by atoms with Crippen molar-refractivity contribution in [2.75, 3.05) is 0 Å². The maximum Gasteiger partial charge on any atom is 0.0484 e. The zero-order chi connectivity index (χ0) is 11.8. The zero-order valence-electron chi connectivity index (χ0n) is 9.70. The Bertz CT molecular complexity index is 546. The Morgan fingerprint density at radius 3 is 2.41 bits per heavy atom. The molecule has 2 heteroatoms. The van der Waals surface area contributed by atoms with E-state index in [1.807, 2.05) is 12.1 Å². The van der Waals surface area contributed by atoms with Crippen molar-refractivity contribution in [2.24, 2.45) is 11.7 Å². The highest BCUT2D eigenvalue weighted by Crippen LogP contribution is 2.39. The van der Waals surface area contributed by atoms with Crippen molar-refractivity contribution in [3.05, 3.63) is 47.0 Å². The molecule has 0 amide bonds. The molecule has 1 unspecified atom stereocenters. The van der Waals surface area contributed by atoms with Crippen molar-refractivity contribution in [2.45, 2.75) is 25.3 Å². The number of nitrogens with two attached hydrogens (primary N) is 1. The summed E-state index contributed by atoms with van der Waals surface area (Å²) >= 11 is 6.22. The maximum absolute atomic E-state index is 6.37. The topological polar surface area (TPSA) is 26.0 Å². The zero-order valence-corrected chi connectivity index (χ0v) is 10.5. The molecule has 0 radical (unpaired) electrons. The van der Waals surface area contributed by atoms with Crippen molar-refractivity contribution in [1.82, 2.24) is 0 Å². The molecule has 0 spiro atoms. The van der Waals surface area contributed by atoms with Gasteiger partial charge in [-0.25, -0.2) is 0 Å². The van der Waals surface area contributed by atoms with Crippen LogP contribution in [0, 0.1) is 5.92 Å². The summed E-state index contributed by atoms with van der Waals surface area (Å²) in [6.45, 7) is 0. The fraction of sp³-hybridized carbons (Fsp3) is 0.333. The molecule has 2 aromatic rings. The van der Waals surface area contributed by atoms with Gasteiger partial charge in [0.25, 0.3) is 0 Å². The highest BCUT2D eigenvalue weighted by atomic mass is 35.5. The van der Waals surface area contributed by atoms with Gasteiger partial charge in [-0.15, -0.1) is 0 Å². The summed E-state index contributed by atoms with van der Waals surface area (Å²) in [6, 6.07) is 12.5. The Kier molecular flexibility index (Phi) is 2.81. The third-order valence-corrected chi connectivity index (χ3v) is 4.25. The molecular weight excluding hydrogens is 230 g/mol.